The summed E-state index contributed by atoms with van der Waals surface area (Å²) in [7, 11) is 1.78. The van der Waals surface area contributed by atoms with Gasteiger partial charge in [-0.3, -0.25) is 9.69 Å². The third kappa shape index (κ3) is 5.07. The Kier molecular flexibility index (Phi) is 5.71. The van der Waals surface area contributed by atoms with Crippen LogP contribution in [0.25, 0.3) is 0 Å². The standard InChI is InChI=1S/C18H20FNO3/c1-13(18(21)22)20(2)11-14-5-9-17(10-6-14)23-12-15-3-7-16(19)8-4-15/h3-10,13H,11-12H2,1-2H3,(H,21,22). The molecule has 2 aromatic rings. The SMILES string of the molecule is CC(C(=O)O)N(C)Cc1ccc(OCc2ccc(F)cc2)cc1. The van der Waals surface area contributed by atoms with Crippen molar-refractivity contribution >= 4 is 5.97 Å². The van der Waals surface area contributed by atoms with Crippen molar-refractivity contribution in [2.24, 2.45) is 0 Å². The number of aliphatic carboxylic acids is 1. The van der Waals surface area contributed by atoms with Crippen LogP contribution in [0.1, 0.15) is 18.1 Å². The van der Waals surface area contributed by atoms with Gasteiger partial charge in [-0.25, -0.2) is 4.39 Å². The molecule has 0 radical (unpaired) electrons. The van der Waals surface area contributed by atoms with E-state index in [9.17, 15) is 9.18 Å². The normalized spacial score (nSPS) is 12.2. The molecule has 122 valence electrons. The minimum Gasteiger partial charge on any atom is -0.489 e. The highest BCUT2D eigenvalue weighted by molar-refractivity contribution is 5.72. The molecule has 0 bridgehead atoms. The molecule has 4 nitrogen and oxygen atoms in total. The summed E-state index contributed by atoms with van der Waals surface area (Å²) < 4.78 is 18.5. The number of rotatable bonds is 7. The number of carbonyl (C=O) groups is 1. The molecule has 0 amide bonds. The molecule has 1 unspecified atom stereocenters. The highest BCUT2D eigenvalue weighted by Gasteiger charge is 2.16. The summed E-state index contributed by atoms with van der Waals surface area (Å²) in [5.74, 6) is -0.392. The zero-order valence-corrected chi connectivity index (χ0v) is 13.2. The Morgan fingerprint density at radius 3 is 2.26 bits per heavy atom. The molecule has 0 aliphatic heterocycles. The molecule has 1 atom stereocenters. The lowest BCUT2D eigenvalue weighted by Gasteiger charge is -2.21. The zero-order valence-electron chi connectivity index (χ0n) is 13.2. The number of nitrogens with zero attached hydrogens (tertiary/aromatic N) is 1. The Morgan fingerprint density at radius 2 is 1.70 bits per heavy atom. The first-order valence-corrected chi connectivity index (χ1v) is 7.35. The number of likely N-dealkylation sites (N-methyl/N-ethyl adjacent to an activating group) is 1. The summed E-state index contributed by atoms with van der Waals surface area (Å²) in [5, 5.41) is 8.98. The fourth-order valence-corrected chi connectivity index (χ4v) is 2.05. The van der Waals surface area contributed by atoms with Gasteiger partial charge in [0.25, 0.3) is 0 Å². The summed E-state index contributed by atoms with van der Waals surface area (Å²) in [6.07, 6.45) is 0. The minimum absolute atomic E-state index is 0.266. The van der Waals surface area contributed by atoms with Crippen LogP contribution in [0.3, 0.4) is 0 Å². The molecule has 0 saturated carbocycles. The average Bonchev–Trinajstić information content (AvgIpc) is 2.54. The summed E-state index contributed by atoms with van der Waals surface area (Å²) in [6.45, 7) is 2.57. The summed E-state index contributed by atoms with van der Waals surface area (Å²) in [5.41, 5.74) is 1.90. The number of hydrogen-bond acceptors (Lipinski definition) is 3. The molecule has 2 rings (SSSR count). The van der Waals surface area contributed by atoms with Crippen molar-refractivity contribution in [1.29, 1.82) is 0 Å². The minimum atomic E-state index is -0.841. The predicted octanol–water partition coefficient (Wildman–Crippen LogP) is 3.31. The second-order valence-corrected chi connectivity index (χ2v) is 5.49. The smallest absolute Gasteiger partial charge is 0.320 e. The van der Waals surface area contributed by atoms with Gasteiger partial charge in [0.15, 0.2) is 0 Å². The molecule has 23 heavy (non-hydrogen) atoms. The van der Waals surface area contributed by atoms with E-state index < -0.39 is 12.0 Å². The lowest BCUT2D eigenvalue weighted by molar-refractivity contribution is -0.142. The van der Waals surface area contributed by atoms with Crippen molar-refractivity contribution in [2.75, 3.05) is 7.05 Å². The van der Waals surface area contributed by atoms with Gasteiger partial charge in [-0.15, -0.1) is 0 Å². The number of carboxylic acids is 1. The Hall–Kier alpha value is -2.40. The van der Waals surface area contributed by atoms with Crippen LogP contribution in [0.5, 0.6) is 5.75 Å². The Balaban J connectivity index is 1.89. The van der Waals surface area contributed by atoms with Gasteiger partial charge in [0.1, 0.15) is 24.2 Å². The van der Waals surface area contributed by atoms with E-state index in [1.807, 2.05) is 24.3 Å². The van der Waals surface area contributed by atoms with Crippen LogP contribution in [0, 0.1) is 5.82 Å². The predicted molar refractivity (Wildman–Crippen MR) is 85.7 cm³/mol. The molecular weight excluding hydrogens is 297 g/mol. The molecule has 0 aromatic heterocycles. The second-order valence-electron chi connectivity index (χ2n) is 5.49. The fraction of sp³-hybridized carbons (Fsp3) is 0.278. The van der Waals surface area contributed by atoms with Gasteiger partial charge in [-0.2, -0.15) is 0 Å². The number of hydrogen-bond donors (Lipinski definition) is 1. The monoisotopic (exact) mass is 317 g/mol. The van der Waals surface area contributed by atoms with Crippen molar-refractivity contribution < 1.29 is 19.0 Å². The maximum Gasteiger partial charge on any atom is 0.320 e. The van der Waals surface area contributed by atoms with Gasteiger partial charge in [0.05, 0.1) is 0 Å². The van der Waals surface area contributed by atoms with Gasteiger partial charge in [-0.05, 0) is 49.4 Å². The third-order valence-corrected chi connectivity index (χ3v) is 3.69. The first-order valence-electron chi connectivity index (χ1n) is 7.35. The molecule has 0 aliphatic rings. The summed E-state index contributed by atoms with van der Waals surface area (Å²) >= 11 is 0. The van der Waals surface area contributed by atoms with Gasteiger partial charge in [0.2, 0.25) is 0 Å². The molecule has 0 aliphatic carbocycles. The number of carboxylic acid groups (broad SMARTS) is 1. The maximum atomic E-state index is 12.8. The molecule has 0 saturated heterocycles. The highest BCUT2D eigenvalue weighted by Crippen LogP contribution is 2.16. The van der Waals surface area contributed by atoms with E-state index in [4.69, 9.17) is 9.84 Å². The van der Waals surface area contributed by atoms with Crippen LogP contribution in [-0.4, -0.2) is 29.1 Å². The zero-order chi connectivity index (χ0) is 16.8. The average molecular weight is 317 g/mol. The van der Waals surface area contributed by atoms with E-state index in [-0.39, 0.29) is 5.82 Å². The largest absolute Gasteiger partial charge is 0.489 e. The van der Waals surface area contributed by atoms with Crippen molar-refractivity contribution in [3.05, 3.63) is 65.5 Å². The van der Waals surface area contributed by atoms with E-state index in [0.717, 1.165) is 11.1 Å². The molecule has 0 heterocycles. The number of halogens is 1. The van der Waals surface area contributed by atoms with Crippen LogP contribution >= 0.6 is 0 Å². The molecule has 0 spiro atoms. The van der Waals surface area contributed by atoms with Crippen LogP contribution in [-0.2, 0) is 17.9 Å². The number of ether oxygens (including phenoxy) is 1. The topological polar surface area (TPSA) is 49.8 Å². The van der Waals surface area contributed by atoms with Crippen molar-refractivity contribution in [1.82, 2.24) is 4.90 Å². The van der Waals surface area contributed by atoms with Crippen LogP contribution in [0.4, 0.5) is 4.39 Å². The highest BCUT2D eigenvalue weighted by atomic mass is 19.1. The lowest BCUT2D eigenvalue weighted by Crippen LogP contribution is -2.35. The maximum absolute atomic E-state index is 12.8. The van der Waals surface area contributed by atoms with E-state index in [0.29, 0.717) is 18.9 Å². The van der Waals surface area contributed by atoms with Crippen LogP contribution in [0.2, 0.25) is 0 Å². The van der Waals surface area contributed by atoms with Gasteiger partial charge < -0.3 is 9.84 Å². The summed E-state index contributed by atoms with van der Waals surface area (Å²) in [6, 6.07) is 13.1. The van der Waals surface area contributed by atoms with Crippen molar-refractivity contribution in [2.45, 2.75) is 26.1 Å². The number of benzene rings is 2. The van der Waals surface area contributed by atoms with Gasteiger partial charge in [0, 0.05) is 6.54 Å². The van der Waals surface area contributed by atoms with E-state index in [1.54, 1.807) is 31.0 Å². The van der Waals surface area contributed by atoms with Crippen molar-refractivity contribution in [3.8, 4) is 5.75 Å². The first-order chi connectivity index (χ1) is 11.0. The lowest BCUT2D eigenvalue weighted by atomic mass is 10.2. The third-order valence-electron chi connectivity index (χ3n) is 3.69. The first kappa shape index (κ1) is 17.0. The second kappa shape index (κ2) is 7.74. The Morgan fingerprint density at radius 1 is 1.13 bits per heavy atom. The quantitative estimate of drug-likeness (QED) is 0.851. The summed E-state index contributed by atoms with van der Waals surface area (Å²) in [4.78, 5) is 12.7. The van der Waals surface area contributed by atoms with Gasteiger partial charge in [-0.1, -0.05) is 24.3 Å². The van der Waals surface area contributed by atoms with Crippen molar-refractivity contribution in [3.63, 3.8) is 0 Å². The molecule has 5 heteroatoms. The van der Waals surface area contributed by atoms with Gasteiger partial charge >= 0.3 is 5.97 Å². The molecule has 2 aromatic carbocycles. The molecule has 1 N–H and O–H groups in total. The Labute approximate surface area is 135 Å². The van der Waals surface area contributed by atoms with Crippen LogP contribution in [0.15, 0.2) is 48.5 Å². The molecule has 0 fully saturated rings. The van der Waals surface area contributed by atoms with E-state index in [1.165, 1.54) is 12.1 Å². The Bertz CT molecular complexity index is 640. The fourth-order valence-electron chi connectivity index (χ4n) is 2.05. The van der Waals surface area contributed by atoms with Crippen LogP contribution < -0.4 is 4.74 Å². The van der Waals surface area contributed by atoms with E-state index in [2.05, 4.69) is 0 Å². The van der Waals surface area contributed by atoms with E-state index >= 15 is 0 Å². The molecular formula is C18H20FNO3.